The van der Waals surface area contributed by atoms with Crippen LogP contribution in [0.3, 0.4) is 0 Å². The molecule has 2 N–H and O–H groups in total. The van der Waals surface area contributed by atoms with E-state index in [1.807, 2.05) is 0 Å². The van der Waals surface area contributed by atoms with Crippen molar-refractivity contribution in [2.45, 2.75) is 26.6 Å². The van der Waals surface area contributed by atoms with Crippen LogP contribution in [0.25, 0.3) is 0 Å². The van der Waals surface area contributed by atoms with Crippen molar-refractivity contribution in [3.05, 3.63) is 28.5 Å². The minimum atomic E-state index is -3.59. The van der Waals surface area contributed by atoms with Crippen LogP contribution in [-0.4, -0.2) is 19.8 Å². The van der Waals surface area contributed by atoms with Gasteiger partial charge in [-0.3, -0.25) is 4.57 Å². The van der Waals surface area contributed by atoms with Gasteiger partial charge >= 0.3 is 7.60 Å². The number of halogens is 2. The highest BCUT2D eigenvalue weighted by molar-refractivity contribution is 7.54. The van der Waals surface area contributed by atoms with Crippen LogP contribution in [0.4, 0.5) is 4.39 Å². The van der Waals surface area contributed by atoms with Crippen LogP contribution in [0.1, 0.15) is 32.1 Å². The van der Waals surface area contributed by atoms with E-state index in [1.165, 1.54) is 6.07 Å². The Bertz CT molecular complexity index is 496. The maximum Gasteiger partial charge on any atom is 0.351 e. The Hall–Kier alpha value is -0.650. The minimum absolute atomic E-state index is 0.0573. The predicted octanol–water partition coefficient (Wildman–Crippen LogP) is 4.10. The Morgan fingerprint density at radius 1 is 1.24 bits per heavy atom. The van der Waals surface area contributed by atoms with Crippen LogP contribution in [0.2, 0.25) is 5.02 Å². The molecule has 0 bridgehead atoms. The predicted molar refractivity (Wildman–Crippen MR) is 80.4 cm³/mol. The standard InChI is InChI=1S/C13H20ClFNO4P/c1-4-18-12-10(14)7-9(8-11(12)15)13(16)21(17,19-5-2)20-6-3/h7-8,13H,4-6,16H2,1-3H3/t13-/m0/s1. The lowest BCUT2D eigenvalue weighted by Gasteiger charge is -2.24. The van der Waals surface area contributed by atoms with Crippen molar-refractivity contribution >= 4 is 19.2 Å². The molecule has 0 amide bonds. The van der Waals surface area contributed by atoms with Gasteiger partial charge in [0.25, 0.3) is 0 Å². The third kappa shape index (κ3) is 4.41. The highest BCUT2D eigenvalue weighted by Gasteiger charge is 2.34. The van der Waals surface area contributed by atoms with Crippen molar-refractivity contribution in [3.8, 4) is 5.75 Å². The molecule has 1 rings (SSSR count). The van der Waals surface area contributed by atoms with E-state index < -0.39 is 19.2 Å². The number of hydrogen-bond donors (Lipinski definition) is 1. The van der Waals surface area contributed by atoms with Crippen molar-refractivity contribution in [3.63, 3.8) is 0 Å². The maximum absolute atomic E-state index is 14.0. The van der Waals surface area contributed by atoms with Gasteiger partial charge in [0.2, 0.25) is 0 Å². The summed E-state index contributed by atoms with van der Waals surface area (Å²) < 4.78 is 42.0. The second kappa shape index (κ2) is 8.11. The van der Waals surface area contributed by atoms with Gasteiger partial charge in [-0.2, -0.15) is 0 Å². The van der Waals surface area contributed by atoms with Gasteiger partial charge in [-0.1, -0.05) is 11.6 Å². The Kier molecular flexibility index (Phi) is 7.10. The summed E-state index contributed by atoms with van der Waals surface area (Å²) in [6, 6.07) is 2.54. The van der Waals surface area contributed by atoms with E-state index in [1.54, 1.807) is 20.8 Å². The van der Waals surface area contributed by atoms with Crippen LogP contribution >= 0.6 is 19.2 Å². The van der Waals surface area contributed by atoms with Gasteiger partial charge in [0.1, 0.15) is 5.78 Å². The highest BCUT2D eigenvalue weighted by Crippen LogP contribution is 2.58. The average molecular weight is 340 g/mol. The van der Waals surface area contributed by atoms with Crippen molar-refractivity contribution in [1.29, 1.82) is 0 Å². The number of benzene rings is 1. The molecule has 0 spiro atoms. The summed E-state index contributed by atoms with van der Waals surface area (Å²) in [6.45, 7) is 5.66. The van der Waals surface area contributed by atoms with Crippen molar-refractivity contribution < 1.29 is 22.7 Å². The number of ether oxygens (including phenoxy) is 1. The average Bonchev–Trinajstić information content (AvgIpc) is 2.42. The first kappa shape index (κ1) is 18.4. The molecule has 0 radical (unpaired) electrons. The first-order chi connectivity index (χ1) is 9.89. The van der Waals surface area contributed by atoms with Crippen molar-refractivity contribution in [2.75, 3.05) is 19.8 Å². The molecule has 1 aromatic rings. The van der Waals surface area contributed by atoms with E-state index in [4.69, 9.17) is 31.1 Å². The Labute approximate surface area is 129 Å². The molecule has 0 aromatic heterocycles. The Morgan fingerprint density at radius 3 is 2.24 bits per heavy atom. The topological polar surface area (TPSA) is 70.8 Å². The van der Waals surface area contributed by atoms with E-state index >= 15 is 0 Å². The van der Waals surface area contributed by atoms with Gasteiger partial charge in [-0.15, -0.1) is 0 Å². The van der Waals surface area contributed by atoms with E-state index in [-0.39, 0.29) is 36.2 Å². The third-order valence-corrected chi connectivity index (χ3v) is 5.11. The van der Waals surface area contributed by atoms with Gasteiger partial charge in [0.15, 0.2) is 11.6 Å². The molecular weight excluding hydrogens is 320 g/mol. The molecule has 8 heteroatoms. The van der Waals surface area contributed by atoms with Crippen LogP contribution < -0.4 is 10.5 Å². The van der Waals surface area contributed by atoms with Crippen LogP contribution in [0.5, 0.6) is 5.75 Å². The van der Waals surface area contributed by atoms with Crippen molar-refractivity contribution in [2.24, 2.45) is 5.73 Å². The number of hydrogen-bond acceptors (Lipinski definition) is 5. The third-order valence-electron chi connectivity index (χ3n) is 2.61. The SMILES string of the molecule is CCOc1c(F)cc([C@@H](N)P(=O)(OCC)OCC)cc1Cl. The number of rotatable bonds is 8. The van der Waals surface area contributed by atoms with E-state index in [2.05, 4.69) is 0 Å². The Balaban J connectivity index is 3.17. The molecular formula is C13H20ClFNO4P. The van der Waals surface area contributed by atoms with Gasteiger partial charge in [0, 0.05) is 0 Å². The largest absolute Gasteiger partial charge is 0.489 e. The highest BCUT2D eigenvalue weighted by atomic mass is 35.5. The fraction of sp³-hybridized carbons (Fsp3) is 0.538. The summed E-state index contributed by atoms with van der Waals surface area (Å²) in [4.78, 5) is 0. The molecule has 1 atom stereocenters. The smallest absolute Gasteiger partial charge is 0.351 e. The zero-order valence-electron chi connectivity index (χ0n) is 12.3. The summed E-state index contributed by atoms with van der Waals surface area (Å²) in [7, 11) is -3.59. The fourth-order valence-corrected chi connectivity index (χ4v) is 3.67. The maximum atomic E-state index is 14.0. The lowest BCUT2D eigenvalue weighted by molar-refractivity contribution is 0.212. The normalized spacial score (nSPS) is 13.2. The van der Waals surface area contributed by atoms with Gasteiger partial charge in [-0.05, 0) is 38.5 Å². The molecule has 21 heavy (non-hydrogen) atoms. The molecule has 0 heterocycles. The van der Waals surface area contributed by atoms with Crippen LogP contribution in [-0.2, 0) is 13.6 Å². The van der Waals surface area contributed by atoms with Gasteiger partial charge in [0.05, 0.1) is 24.8 Å². The molecule has 5 nitrogen and oxygen atoms in total. The molecule has 0 aliphatic heterocycles. The van der Waals surface area contributed by atoms with Gasteiger partial charge in [-0.25, -0.2) is 4.39 Å². The molecule has 0 saturated carbocycles. The Morgan fingerprint density at radius 2 is 1.81 bits per heavy atom. The zero-order valence-corrected chi connectivity index (χ0v) is 13.9. The van der Waals surface area contributed by atoms with Crippen LogP contribution in [0, 0.1) is 5.82 Å². The van der Waals surface area contributed by atoms with E-state index in [9.17, 15) is 8.96 Å². The summed E-state index contributed by atoms with van der Waals surface area (Å²) in [6.07, 6.45) is 0. The molecule has 120 valence electrons. The zero-order chi connectivity index (χ0) is 16.0. The lowest BCUT2D eigenvalue weighted by Crippen LogP contribution is -2.15. The second-order valence-corrected chi connectivity index (χ2v) is 6.63. The summed E-state index contributed by atoms with van der Waals surface area (Å²) >= 11 is 5.97. The first-order valence-electron chi connectivity index (χ1n) is 6.65. The quantitative estimate of drug-likeness (QED) is 0.722. The molecule has 0 unspecified atom stereocenters. The summed E-state index contributed by atoms with van der Waals surface area (Å²) in [5, 5.41) is 0.0573. The second-order valence-electron chi connectivity index (χ2n) is 4.07. The molecule has 0 saturated heterocycles. The monoisotopic (exact) mass is 339 g/mol. The summed E-state index contributed by atoms with van der Waals surface area (Å²) in [5.74, 6) is -1.85. The molecule has 0 aliphatic rings. The molecule has 0 aliphatic carbocycles. The van der Waals surface area contributed by atoms with Gasteiger partial charge < -0.3 is 19.5 Å². The fourth-order valence-electron chi connectivity index (χ4n) is 1.77. The minimum Gasteiger partial charge on any atom is -0.489 e. The lowest BCUT2D eigenvalue weighted by atomic mass is 10.2. The van der Waals surface area contributed by atoms with E-state index in [0.29, 0.717) is 0 Å². The van der Waals surface area contributed by atoms with E-state index in [0.717, 1.165) is 6.07 Å². The van der Waals surface area contributed by atoms with Crippen LogP contribution in [0.15, 0.2) is 12.1 Å². The first-order valence-corrected chi connectivity index (χ1v) is 8.64. The number of nitrogens with two attached hydrogens (primary N) is 1. The summed E-state index contributed by atoms with van der Waals surface area (Å²) in [5.41, 5.74) is 6.16. The molecule has 0 fully saturated rings. The van der Waals surface area contributed by atoms with Crippen molar-refractivity contribution in [1.82, 2.24) is 0 Å². The molecule has 1 aromatic carbocycles.